The van der Waals surface area contributed by atoms with E-state index in [0.717, 1.165) is 16.5 Å². The fourth-order valence-corrected chi connectivity index (χ4v) is 3.43. The summed E-state index contributed by atoms with van der Waals surface area (Å²) in [6, 6.07) is 22.5. The number of fused-ring (bicyclic) bond motifs is 1. The highest BCUT2D eigenvalue weighted by Crippen LogP contribution is 2.24. The molecule has 0 fully saturated rings. The van der Waals surface area contributed by atoms with E-state index in [0.29, 0.717) is 29.9 Å². The van der Waals surface area contributed by atoms with Gasteiger partial charge in [0.2, 0.25) is 5.91 Å². The van der Waals surface area contributed by atoms with Crippen LogP contribution in [0, 0.1) is 5.82 Å². The fraction of sp³-hybridized carbons (Fsp3) is 0.154. The third kappa shape index (κ3) is 5.60. The van der Waals surface area contributed by atoms with Crippen molar-refractivity contribution in [3.8, 4) is 5.75 Å². The van der Waals surface area contributed by atoms with E-state index in [1.54, 1.807) is 30.3 Å². The molecular weight excluding hydrogens is 409 g/mol. The summed E-state index contributed by atoms with van der Waals surface area (Å²) in [4.78, 5) is 24.3. The van der Waals surface area contributed by atoms with Gasteiger partial charge in [-0.25, -0.2) is 9.18 Å². The molecule has 5 nitrogen and oxygen atoms in total. The van der Waals surface area contributed by atoms with Gasteiger partial charge < -0.3 is 14.5 Å². The van der Waals surface area contributed by atoms with E-state index in [2.05, 4.69) is 5.32 Å². The van der Waals surface area contributed by atoms with E-state index >= 15 is 0 Å². The van der Waals surface area contributed by atoms with Gasteiger partial charge in [0.1, 0.15) is 23.8 Å². The van der Waals surface area contributed by atoms with Crippen LogP contribution in [0.15, 0.2) is 88.1 Å². The number of benzene rings is 3. The maximum atomic E-state index is 13.3. The Morgan fingerprint density at radius 1 is 0.938 bits per heavy atom. The zero-order valence-corrected chi connectivity index (χ0v) is 17.3. The van der Waals surface area contributed by atoms with Crippen LogP contribution in [0.25, 0.3) is 11.0 Å². The number of hydrogen-bond acceptors (Lipinski definition) is 4. The molecular formula is C26H22FNO4. The van der Waals surface area contributed by atoms with Crippen molar-refractivity contribution in [1.82, 2.24) is 5.32 Å². The second kappa shape index (κ2) is 9.92. The molecule has 0 atom stereocenters. The molecule has 0 saturated heterocycles. The molecule has 0 spiro atoms. The van der Waals surface area contributed by atoms with Crippen molar-refractivity contribution in [3.63, 3.8) is 0 Å². The first-order valence-corrected chi connectivity index (χ1v) is 10.3. The number of carbonyl (C=O) groups is 1. The lowest BCUT2D eigenvalue weighted by Gasteiger charge is -2.10. The van der Waals surface area contributed by atoms with Crippen LogP contribution in [0.5, 0.6) is 5.75 Å². The van der Waals surface area contributed by atoms with Crippen molar-refractivity contribution < 1.29 is 18.3 Å². The number of amides is 1. The minimum Gasteiger partial charge on any atom is -0.489 e. The minimum absolute atomic E-state index is 0.0923. The summed E-state index contributed by atoms with van der Waals surface area (Å²) in [6.07, 6.45) is 0.662. The number of halogens is 1. The van der Waals surface area contributed by atoms with Crippen molar-refractivity contribution in [1.29, 1.82) is 0 Å². The van der Waals surface area contributed by atoms with Crippen LogP contribution in [0.2, 0.25) is 0 Å². The maximum absolute atomic E-state index is 13.3. The van der Waals surface area contributed by atoms with Crippen molar-refractivity contribution in [2.45, 2.75) is 26.0 Å². The van der Waals surface area contributed by atoms with Gasteiger partial charge in [-0.3, -0.25) is 4.79 Å². The molecule has 4 aromatic rings. The lowest BCUT2D eigenvalue weighted by molar-refractivity contribution is -0.121. The second-order valence-electron chi connectivity index (χ2n) is 7.43. The predicted octanol–water partition coefficient (Wildman–Crippen LogP) is 4.76. The molecule has 32 heavy (non-hydrogen) atoms. The number of hydrogen-bond donors (Lipinski definition) is 1. The van der Waals surface area contributed by atoms with Crippen molar-refractivity contribution in [3.05, 3.63) is 112 Å². The minimum atomic E-state index is -0.487. The molecule has 1 aromatic heterocycles. The zero-order valence-electron chi connectivity index (χ0n) is 17.3. The van der Waals surface area contributed by atoms with E-state index in [1.165, 1.54) is 18.2 Å². The lowest BCUT2D eigenvalue weighted by atomic mass is 10.0. The molecule has 1 amide bonds. The number of aryl methyl sites for hydroxylation is 1. The molecule has 0 aliphatic heterocycles. The van der Waals surface area contributed by atoms with Crippen LogP contribution in [0.1, 0.15) is 23.1 Å². The molecule has 3 aromatic carbocycles. The third-order valence-electron chi connectivity index (χ3n) is 5.05. The highest BCUT2D eigenvalue weighted by molar-refractivity contribution is 5.83. The first kappa shape index (κ1) is 21.3. The normalized spacial score (nSPS) is 10.8. The highest BCUT2D eigenvalue weighted by atomic mass is 19.1. The van der Waals surface area contributed by atoms with Gasteiger partial charge in [-0.15, -0.1) is 0 Å². The van der Waals surface area contributed by atoms with Gasteiger partial charge in [-0.2, -0.15) is 0 Å². The van der Waals surface area contributed by atoms with E-state index in [-0.39, 0.29) is 24.8 Å². The molecule has 0 aliphatic rings. The van der Waals surface area contributed by atoms with Gasteiger partial charge >= 0.3 is 5.63 Å². The molecule has 4 rings (SSSR count). The van der Waals surface area contributed by atoms with E-state index in [9.17, 15) is 14.0 Å². The third-order valence-corrected chi connectivity index (χ3v) is 5.05. The van der Waals surface area contributed by atoms with Gasteiger partial charge in [-0.1, -0.05) is 42.5 Å². The van der Waals surface area contributed by atoms with Gasteiger partial charge in [0.05, 0.1) is 0 Å². The summed E-state index contributed by atoms with van der Waals surface area (Å²) < 4.78 is 24.4. The molecule has 1 N–H and O–H groups in total. The Balaban J connectivity index is 1.41. The first-order valence-electron chi connectivity index (χ1n) is 10.3. The molecule has 6 heteroatoms. The SMILES string of the molecule is O=C(CCc1cc(=O)oc2cc(OCc3cccc(F)c3)ccc12)NCc1ccccc1. The summed E-state index contributed by atoms with van der Waals surface area (Å²) in [7, 11) is 0. The van der Waals surface area contributed by atoms with Crippen LogP contribution in [0.4, 0.5) is 4.39 Å². The van der Waals surface area contributed by atoms with E-state index in [4.69, 9.17) is 9.15 Å². The van der Waals surface area contributed by atoms with Crippen LogP contribution >= 0.6 is 0 Å². The average molecular weight is 431 g/mol. The van der Waals surface area contributed by atoms with Crippen molar-refractivity contribution in [2.75, 3.05) is 0 Å². The summed E-state index contributed by atoms with van der Waals surface area (Å²) in [6.45, 7) is 0.651. The van der Waals surface area contributed by atoms with Gasteiger partial charge in [-0.05, 0) is 47.4 Å². The monoisotopic (exact) mass is 431 g/mol. The smallest absolute Gasteiger partial charge is 0.336 e. The summed E-state index contributed by atoms with van der Waals surface area (Å²) >= 11 is 0. The topological polar surface area (TPSA) is 68.5 Å². The van der Waals surface area contributed by atoms with Gasteiger partial charge in [0.15, 0.2) is 0 Å². The first-order chi connectivity index (χ1) is 15.6. The Hall–Kier alpha value is -3.93. The largest absolute Gasteiger partial charge is 0.489 e. The quantitative estimate of drug-likeness (QED) is 0.409. The Morgan fingerprint density at radius 2 is 1.75 bits per heavy atom. The highest BCUT2D eigenvalue weighted by Gasteiger charge is 2.10. The Kier molecular flexibility index (Phi) is 6.60. The molecule has 0 unspecified atom stereocenters. The molecule has 0 bridgehead atoms. The van der Waals surface area contributed by atoms with E-state index in [1.807, 2.05) is 30.3 Å². The van der Waals surface area contributed by atoms with Gasteiger partial charge in [0, 0.05) is 30.5 Å². The van der Waals surface area contributed by atoms with Crippen LogP contribution in [-0.4, -0.2) is 5.91 Å². The molecule has 1 heterocycles. The average Bonchev–Trinajstić information content (AvgIpc) is 2.80. The van der Waals surface area contributed by atoms with E-state index < -0.39 is 5.63 Å². The Morgan fingerprint density at radius 3 is 2.56 bits per heavy atom. The predicted molar refractivity (Wildman–Crippen MR) is 120 cm³/mol. The molecule has 0 radical (unpaired) electrons. The van der Waals surface area contributed by atoms with Gasteiger partial charge in [0.25, 0.3) is 0 Å². The fourth-order valence-electron chi connectivity index (χ4n) is 3.43. The van der Waals surface area contributed by atoms with Crippen molar-refractivity contribution in [2.24, 2.45) is 0 Å². The van der Waals surface area contributed by atoms with Crippen LogP contribution < -0.4 is 15.7 Å². The molecule has 0 aliphatic carbocycles. The second-order valence-corrected chi connectivity index (χ2v) is 7.43. The Bertz CT molecular complexity index is 1280. The molecule has 0 saturated carbocycles. The summed E-state index contributed by atoms with van der Waals surface area (Å²) in [5.74, 6) is 0.0843. The standard InChI is InChI=1S/C26H22FNO4/c27-21-8-4-7-19(13-21)17-31-22-10-11-23-20(14-26(30)32-24(23)15-22)9-12-25(29)28-16-18-5-2-1-3-6-18/h1-8,10-11,13-15H,9,12,16-17H2,(H,28,29). The summed E-state index contributed by atoms with van der Waals surface area (Å²) in [5.41, 5.74) is 2.36. The summed E-state index contributed by atoms with van der Waals surface area (Å²) in [5, 5.41) is 3.64. The van der Waals surface area contributed by atoms with Crippen LogP contribution in [0.3, 0.4) is 0 Å². The number of nitrogens with one attached hydrogen (secondary N) is 1. The number of carbonyl (C=O) groups excluding carboxylic acids is 1. The Labute approximate surface area is 184 Å². The number of ether oxygens (including phenoxy) is 1. The van der Waals surface area contributed by atoms with Crippen LogP contribution in [-0.2, 0) is 24.4 Å². The molecule has 162 valence electrons. The number of rotatable bonds is 8. The van der Waals surface area contributed by atoms with Crippen molar-refractivity contribution >= 4 is 16.9 Å². The zero-order chi connectivity index (χ0) is 22.3. The maximum Gasteiger partial charge on any atom is 0.336 e. The lowest BCUT2D eigenvalue weighted by Crippen LogP contribution is -2.23.